The summed E-state index contributed by atoms with van der Waals surface area (Å²) in [5.41, 5.74) is 13.5. The van der Waals surface area contributed by atoms with Gasteiger partial charge in [-0.3, -0.25) is 4.98 Å². The van der Waals surface area contributed by atoms with Gasteiger partial charge in [-0.05, 0) is 99.9 Å². The Labute approximate surface area is 315 Å². The maximum Gasteiger partial charge on any atom is 0.148 e. The first-order valence-corrected chi connectivity index (χ1v) is 17.4. The largest absolute Gasteiger partial charge is 0.505 e. The molecule has 0 fully saturated rings. The molecule has 2 aromatic heterocycles. The van der Waals surface area contributed by atoms with Gasteiger partial charge >= 0.3 is 0 Å². The van der Waals surface area contributed by atoms with E-state index in [1.165, 1.54) is 38.9 Å². The second-order valence-corrected chi connectivity index (χ2v) is 15.4. The van der Waals surface area contributed by atoms with Crippen LogP contribution in [0.25, 0.3) is 44.1 Å². The van der Waals surface area contributed by atoms with Gasteiger partial charge in [0.2, 0.25) is 0 Å². The van der Waals surface area contributed by atoms with Crippen molar-refractivity contribution in [3.05, 3.63) is 143 Å². The first-order valence-electron chi connectivity index (χ1n) is 17.4. The first-order chi connectivity index (χ1) is 23.8. The van der Waals surface area contributed by atoms with Crippen LogP contribution < -0.4 is 4.90 Å². The van der Waals surface area contributed by atoms with Gasteiger partial charge in [-0.15, -0.1) is 23.8 Å². The van der Waals surface area contributed by atoms with Gasteiger partial charge in [0.25, 0.3) is 0 Å². The summed E-state index contributed by atoms with van der Waals surface area (Å²) in [5.74, 6) is 1.06. The average molecular weight is 848 g/mol. The summed E-state index contributed by atoms with van der Waals surface area (Å²) in [7, 11) is 0. The third-order valence-corrected chi connectivity index (χ3v) is 10.5. The van der Waals surface area contributed by atoms with E-state index in [4.69, 9.17) is 9.97 Å². The Kier molecular flexibility index (Phi) is 8.46. The van der Waals surface area contributed by atoms with Gasteiger partial charge in [-0.2, -0.15) is 0 Å². The van der Waals surface area contributed by atoms with Crippen molar-refractivity contribution < 1.29 is 26.2 Å². The smallest absolute Gasteiger partial charge is 0.148 e. The Morgan fingerprint density at radius 3 is 2.14 bits per heavy atom. The summed E-state index contributed by atoms with van der Waals surface area (Å²) in [6.45, 7) is 17.7. The SMILES string of the molecule is Cc1cc(C)c(-c2c3ccccc3c(O)c3nc(-c4[c-]c5c(cc4)C(C)(C)c4ccccc4N5c4cc(C(C)(C)C)ccn4)ccc23)c(C)c1.[Pt]. The molecule has 7 aromatic rings. The molecule has 0 unspecified atom stereocenters. The summed E-state index contributed by atoms with van der Waals surface area (Å²) >= 11 is 0. The van der Waals surface area contributed by atoms with E-state index < -0.39 is 0 Å². The van der Waals surface area contributed by atoms with Crippen molar-refractivity contribution in [3.8, 4) is 28.1 Å². The van der Waals surface area contributed by atoms with Crippen LogP contribution in [0.5, 0.6) is 5.75 Å². The normalized spacial score (nSPS) is 13.5. The molecule has 0 bridgehead atoms. The molecule has 0 spiro atoms. The predicted octanol–water partition coefficient (Wildman–Crippen LogP) is 12.0. The molecule has 258 valence electrons. The van der Waals surface area contributed by atoms with Crippen molar-refractivity contribution in [3.63, 3.8) is 0 Å². The van der Waals surface area contributed by atoms with Crippen LogP contribution in [0.1, 0.15) is 68.0 Å². The molecule has 0 amide bonds. The second kappa shape index (κ2) is 12.5. The molecule has 1 aliphatic heterocycles. The van der Waals surface area contributed by atoms with Crippen LogP contribution in [0.4, 0.5) is 17.2 Å². The fourth-order valence-corrected chi connectivity index (χ4v) is 8.04. The minimum absolute atomic E-state index is 0. The van der Waals surface area contributed by atoms with E-state index in [-0.39, 0.29) is 37.6 Å². The zero-order chi connectivity index (χ0) is 35.1. The summed E-state index contributed by atoms with van der Waals surface area (Å²) in [5, 5.41) is 14.5. The maximum atomic E-state index is 11.8. The van der Waals surface area contributed by atoms with E-state index in [9.17, 15) is 5.11 Å². The number of aromatic hydroxyl groups is 1. The fourth-order valence-electron chi connectivity index (χ4n) is 8.04. The average Bonchev–Trinajstić information content (AvgIpc) is 3.09. The van der Waals surface area contributed by atoms with E-state index >= 15 is 0 Å². The van der Waals surface area contributed by atoms with Crippen molar-refractivity contribution in [2.75, 3.05) is 4.90 Å². The van der Waals surface area contributed by atoms with Gasteiger partial charge in [0.05, 0.1) is 0 Å². The molecule has 0 aliphatic carbocycles. The van der Waals surface area contributed by atoms with Crippen LogP contribution in [0.3, 0.4) is 0 Å². The number of aryl methyl sites for hydroxylation is 3. The van der Waals surface area contributed by atoms with E-state index in [1.807, 2.05) is 24.4 Å². The third kappa shape index (κ3) is 5.56. The maximum absolute atomic E-state index is 11.8. The predicted molar refractivity (Wildman–Crippen MR) is 208 cm³/mol. The molecule has 1 aliphatic rings. The number of benzene rings is 5. The summed E-state index contributed by atoms with van der Waals surface area (Å²) in [6.07, 6.45) is 1.91. The minimum atomic E-state index is -0.258. The topological polar surface area (TPSA) is 49.3 Å². The van der Waals surface area contributed by atoms with Crippen molar-refractivity contribution in [1.82, 2.24) is 9.97 Å². The molecular weight excluding hydrogens is 806 g/mol. The Balaban J connectivity index is 0.00000406. The number of phenols is 1. The van der Waals surface area contributed by atoms with E-state index in [2.05, 4.69) is 145 Å². The van der Waals surface area contributed by atoms with Gasteiger partial charge in [-0.1, -0.05) is 112 Å². The number of rotatable bonds is 3. The zero-order valence-electron chi connectivity index (χ0n) is 30.4. The van der Waals surface area contributed by atoms with E-state index in [0.29, 0.717) is 5.52 Å². The van der Waals surface area contributed by atoms with E-state index in [0.717, 1.165) is 50.2 Å². The van der Waals surface area contributed by atoms with Crippen LogP contribution in [0.15, 0.2) is 103 Å². The Hall–Kier alpha value is -4.79. The van der Waals surface area contributed by atoms with Crippen molar-refractivity contribution in [1.29, 1.82) is 0 Å². The molecule has 3 heterocycles. The summed E-state index contributed by atoms with van der Waals surface area (Å²) < 4.78 is 0. The molecule has 5 aromatic carbocycles. The zero-order valence-corrected chi connectivity index (χ0v) is 32.7. The van der Waals surface area contributed by atoms with Gasteiger partial charge < -0.3 is 10.0 Å². The summed E-state index contributed by atoms with van der Waals surface area (Å²) in [4.78, 5) is 12.4. The number of nitrogens with zero attached hydrogens (tertiary/aromatic N) is 3. The number of aromatic nitrogens is 2. The molecule has 8 rings (SSSR count). The molecule has 1 N–H and O–H groups in total. The Bertz CT molecular complexity index is 2490. The third-order valence-electron chi connectivity index (χ3n) is 10.5. The molecule has 5 heteroatoms. The van der Waals surface area contributed by atoms with Crippen molar-refractivity contribution in [2.24, 2.45) is 0 Å². The molecule has 51 heavy (non-hydrogen) atoms. The minimum Gasteiger partial charge on any atom is -0.505 e. The van der Waals surface area contributed by atoms with Gasteiger partial charge in [0, 0.05) is 43.7 Å². The standard InChI is InChI=1S/C46H42N3O.Pt/c1-27-23-28(2)41(29(3)24-27)42-32-13-9-10-14-33(32)44(50)43-34(42)18-20-37(48-43)30-17-19-36-39(25-30)49(38-16-12-11-15-35(38)46(36,7)8)40-26-31(21-22-47-40)45(4,5)6;/h9-24,26,50H,1-8H3;/q-1;. The van der Waals surface area contributed by atoms with Crippen molar-refractivity contribution in [2.45, 2.75) is 66.2 Å². The Morgan fingerprint density at radius 2 is 1.41 bits per heavy atom. The number of hydrogen-bond donors (Lipinski definition) is 1. The number of phenolic OH excluding ortho intramolecular Hbond substituents is 1. The van der Waals surface area contributed by atoms with Crippen molar-refractivity contribution >= 4 is 38.9 Å². The number of pyridine rings is 2. The number of hydrogen-bond acceptors (Lipinski definition) is 4. The second-order valence-electron chi connectivity index (χ2n) is 15.4. The van der Waals surface area contributed by atoms with Crippen LogP contribution in [0.2, 0.25) is 0 Å². The van der Waals surface area contributed by atoms with Gasteiger partial charge in [0.15, 0.2) is 0 Å². The van der Waals surface area contributed by atoms with Gasteiger partial charge in [-0.25, -0.2) is 4.98 Å². The molecule has 0 saturated heterocycles. The number of fused-ring (bicyclic) bond motifs is 4. The van der Waals surface area contributed by atoms with Gasteiger partial charge in [0.1, 0.15) is 17.1 Å². The molecule has 0 radical (unpaired) electrons. The van der Waals surface area contributed by atoms with Crippen LogP contribution >= 0.6 is 0 Å². The quantitative estimate of drug-likeness (QED) is 0.142. The van der Waals surface area contributed by atoms with Crippen LogP contribution in [0, 0.1) is 26.8 Å². The van der Waals surface area contributed by atoms with E-state index in [1.54, 1.807) is 0 Å². The molecule has 4 nitrogen and oxygen atoms in total. The molecular formula is C46H42N3OPt-. The van der Waals surface area contributed by atoms with Crippen LogP contribution in [-0.4, -0.2) is 15.1 Å². The molecule has 0 saturated carbocycles. The number of para-hydroxylation sites is 1. The van der Waals surface area contributed by atoms with Crippen LogP contribution in [-0.2, 0) is 31.9 Å². The Morgan fingerprint density at radius 1 is 0.725 bits per heavy atom. The molecule has 0 atom stereocenters. The monoisotopic (exact) mass is 847 g/mol. The first kappa shape index (κ1) is 34.6. The number of anilines is 3. The fraction of sp³-hybridized carbons (Fsp3) is 0.217. The summed E-state index contributed by atoms with van der Waals surface area (Å²) in [6, 6.07) is 37.8.